The van der Waals surface area contributed by atoms with Crippen molar-refractivity contribution in [3.05, 3.63) is 88.3 Å². The number of amides is 1. The maximum Gasteiger partial charge on any atom is 0.328 e. The number of nitrogens with zero attached hydrogens (tertiary/aromatic N) is 3. The third-order valence-electron chi connectivity index (χ3n) is 5.77. The monoisotopic (exact) mass is 478 g/mol. The quantitative estimate of drug-likeness (QED) is 0.460. The van der Waals surface area contributed by atoms with Gasteiger partial charge in [-0.2, -0.15) is 0 Å². The predicted molar refractivity (Wildman–Crippen MR) is 134 cm³/mol. The molecule has 8 nitrogen and oxygen atoms in total. The number of carbonyl (C=O) groups excluding carboxylic acids is 1. The highest BCUT2D eigenvalue weighted by Gasteiger charge is 2.27. The fourth-order valence-corrected chi connectivity index (χ4v) is 5.20. The summed E-state index contributed by atoms with van der Waals surface area (Å²) < 4.78 is 31.1. The van der Waals surface area contributed by atoms with Crippen molar-refractivity contribution >= 4 is 38.3 Å². The molecule has 3 aromatic carbocycles. The van der Waals surface area contributed by atoms with E-state index < -0.39 is 22.5 Å². The van der Waals surface area contributed by atoms with E-state index in [2.05, 4.69) is 5.32 Å². The van der Waals surface area contributed by atoms with Crippen molar-refractivity contribution < 1.29 is 13.2 Å². The van der Waals surface area contributed by atoms with E-state index in [9.17, 15) is 18.0 Å². The fraction of sp³-hybridized carbons (Fsp3) is 0.200. The number of hydrogen-bond donors (Lipinski definition) is 1. The van der Waals surface area contributed by atoms with Crippen LogP contribution in [-0.4, -0.2) is 30.0 Å². The molecule has 0 aliphatic rings. The summed E-state index contributed by atoms with van der Waals surface area (Å²) in [6.45, 7) is 3.37. The molecule has 0 saturated heterocycles. The molecule has 0 radical (unpaired) electrons. The van der Waals surface area contributed by atoms with Gasteiger partial charge in [-0.05, 0) is 56.3 Å². The van der Waals surface area contributed by atoms with Gasteiger partial charge in [0.15, 0.2) is 0 Å². The summed E-state index contributed by atoms with van der Waals surface area (Å²) in [6, 6.07) is 18.6. The van der Waals surface area contributed by atoms with Gasteiger partial charge >= 0.3 is 5.69 Å². The minimum absolute atomic E-state index is 0.104. The third-order valence-corrected chi connectivity index (χ3v) is 7.56. The minimum Gasteiger partial charge on any atom is -0.324 e. The van der Waals surface area contributed by atoms with Gasteiger partial charge in [0.1, 0.15) is 6.54 Å². The zero-order valence-electron chi connectivity index (χ0n) is 19.4. The van der Waals surface area contributed by atoms with Crippen molar-refractivity contribution in [2.24, 2.45) is 14.1 Å². The number of fused-ring (bicyclic) bond motifs is 1. The Labute approximate surface area is 198 Å². The van der Waals surface area contributed by atoms with E-state index in [1.807, 2.05) is 13.8 Å². The van der Waals surface area contributed by atoms with Gasteiger partial charge in [-0.25, -0.2) is 13.2 Å². The molecule has 0 aliphatic carbocycles. The van der Waals surface area contributed by atoms with Crippen LogP contribution in [0, 0.1) is 13.8 Å². The number of benzene rings is 3. The highest BCUT2D eigenvalue weighted by molar-refractivity contribution is 7.92. The summed E-state index contributed by atoms with van der Waals surface area (Å²) in [4.78, 5) is 25.3. The van der Waals surface area contributed by atoms with Crippen LogP contribution in [0.5, 0.6) is 0 Å². The molecule has 4 rings (SSSR count). The molecule has 1 N–H and O–H groups in total. The fourth-order valence-electron chi connectivity index (χ4n) is 3.78. The van der Waals surface area contributed by atoms with Crippen LogP contribution in [0.3, 0.4) is 0 Å². The average molecular weight is 479 g/mol. The normalized spacial score (nSPS) is 11.5. The molecule has 1 heterocycles. The van der Waals surface area contributed by atoms with E-state index in [-0.39, 0.29) is 10.6 Å². The summed E-state index contributed by atoms with van der Waals surface area (Å²) in [7, 11) is -0.656. The molecule has 0 fully saturated rings. The van der Waals surface area contributed by atoms with Gasteiger partial charge in [0, 0.05) is 19.8 Å². The lowest BCUT2D eigenvalue weighted by molar-refractivity contribution is -0.114. The Morgan fingerprint density at radius 2 is 1.41 bits per heavy atom. The van der Waals surface area contributed by atoms with Crippen molar-refractivity contribution in [1.82, 2.24) is 9.13 Å². The van der Waals surface area contributed by atoms with Crippen LogP contribution < -0.4 is 15.3 Å². The van der Waals surface area contributed by atoms with Crippen LogP contribution in [0.4, 0.5) is 11.4 Å². The van der Waals surface area contributed by atoms with Crippen molar-refractivity contribution in [1.29, 1.82) is 0 Å². The van der Waals surface area contributed by atoms with E-state index in [1.54, 1.807) is 68.7 Å². The molecule has 1 amide bonds. The Balaban J connectivity index is 1.66. The first-order chi connectivity index (χ1) is 16.1. The van der Waals surface area contributed by atoms with Crippen LogP contribution in [-0.2, 0) is 28.9 Å². The third kappa shape index (κ3) is 4.34. The van der Waals surface area contributed by atoms with Gasteiger partial charge in [-0.1, -0.05) is 35.4 Å². The van der Waals surface area contributed by atoms with E-state index in [0.717, 1.165) is 20.9 Å². The highest BCUT2D eigenvalue weighted by Crippen LogP contribution is 2.25. The SMILES string of the molecule is Cc1ccc(N(CC(=O)Nc2ccc3c(c2)n(C)c(=O)n3C)S(=O)(=O)c2ccc(C)cc2)cc1. The van der Waals surface area contributed by atoms with Gasteiger partial charge in [-0.15, -0.1) is 0 Å². The van der Waals surface area contributed by atoms with Crippen molar-refractivity contribution in [2.45, 2.75) is 18.7 Å². The molecule has 0 saturated carbocycles. The van der Waals surface area contributed by atoms with Crippen molar-refractivity contribution in [3.8, 4) is 0 Å². The second-order valence-corrected chi connectivity index (χ2v) is 10.2. The second-order valence-electron chi connectivity index (χ2n) is 8.31. The second kappa shape index (κ2) is 8.83. The van der Waals surface area contributed by atoms with Gasteiger partial charge in [0.25, 0.3) is 10.0 Å². The molecule has 9 heteroatoms. The van der Waals surface area contributed by atoms with Crippen LogP contribution in [0.2, 0.25) is 0 Å². The first-order valence-electron chi connectivity index (χ1n) is 10.7. The Kier molecular flexibility index (Phi) is 6.05. The maximum absolute atomic E-state index is 13.5. The number of sulfonamides is 1. The standard InChI is InChI=1S/C25H26N4O4S/c1-17-5-10-20(11-6-17)29(34(32,33)21-12-7-18(2)8-13-21)16-24(30)26-19-9-14-22-23(15-19)28(4)25(31)27(22)3/h5-15H,16H2,1-4H3,(H,26,30). The lowest BCUT2D eigenvalue weighted by atomic mass is 10.2. The first-order valence-corrected chi connectivity index (χ1v) is 12.1. The summed E-state index contributed by atoms with van der Waals surface area (Å²) in [5.41, 5.74) is 3.99. The van der Waals surface area contributed by atoms with Crippen molar-refractivity contribution in [3.63, 3.8) is 0 Å². The molecule has 0 spiro atoms. The maximum atomic E-state index is 13.5. The highest BCUT2D eigenvalue weighted by atomic mass is 32.2. The summed E-state index contributed by atoms with van der Waals surface area (Å²) >= 11 is 0. The number of aromatic nitrogens is 2. The number of imidazole rings is 1. The lowest BCUT2D eigenvalue weighted by Gasteiger charge is -2.24. The molecule has 176 valence electrons. The Morgan fingerprint density at radius 3 is 2.03 bits per heavy atom. The number of hydrogen-bond acceptors (Lipinski definition) is 4. The molecular formula is C25H26N4O4S. The smallest absolute Gasteiger partial charge is 0.324 e. The molecule has 34 heavy (non-hydrogen) atoms. The van der Waals surface area contributed by atoms with Gasteiger partial charge < -0.3 is 5.32 Å². The molecule has 4 aromatic rings. The number of nitrogens with one attached hydrogen (secondary N) is 1. The topological polar surface area (TPSA) is 93.4 Å². The Morgan fingerprint density at radius 1 is 0.853 bits per heavy atom. The van der Waals surface area contributed by atoms with Gasteiger partial charge in [0.2, 0.25) is 5.91 Å². The van der Waals surface area contributed by atoms with Crippen LogP contribution in [0.15, 0.2) is 76.4 Å². The largest absolute Gasteiger partial charge is 0.328 e. The van der Waals surface area contributed by atoms with Gasteiger partial charge in [0.05, 0.1) is 21.6 Å². The molecule has 0 bridgehead atoms. The minimum atomic E-state index is -3.99. The summed E-state index contributed by atoms with van der Waals surface area (Å²) in [5.74, 6) is -0.503. The van der Waals surface area contributed by atoms with Crippen molar-refractivity contribution in [2.75, 3.05) is 16.2 Å². The average Bonchev–Trinajstić information content (AvgIpc) is 3.02. The van der Waals surface area contributed by atoms with Crippen LogP contribution >= 0.6 is 0 Å². The van der Waals surface area contributed by atoms with E-state index in [0.29, 0.717) is 16.9 Å². The summed E-state index contributed by atoms with van der Waals surface area (Å²) in [5, 5.41) is 2.76. The number of carbonyl (C=O) groups is 1. The first kappa shape index (κ1) is 23.3. The zero-order valence-corrected chi connectivity index (χ0v) is 20.3. The lowest BCUT2D eigenvalue weighted by Crippen LogP contribution is -2.38. The van der Waals surface area contributed by atoms with Crippen LogP contribution in [0.1, 0.15) is 11.1 Å². The van der Waals surface area contributed by atoms with Gasteiger partial charge in [-0.3, -0.25) is 18.2 Å². The van der Waals surface area contributed by atoms with E-state index in [1.165, 1.54) is 21.3 Å². The zero-order chi connectivity index (χ0) is 24.6. The molecular weight excluding hydrogens is 452 g/mol. The molecule has 0 atom stereocenters. The molecule has 1 aromatic heterocycles. The molecule has 0 unspecified atom stereocenters. The molecule has 0 aliphatic heterocycles. The number of anilines is 2. The van der Waals surface area contributed by atoms with E-state index in [4.69, 9.17) is 0 Å². The predicted octanol–water partition coefficient (Wildman–Crippen LogP) is 3.33. The Bertz CT molecular complexity index is 1530. The van der Waals surface area contributed by atoms with E-state index >= 15 is 0 Å². The Hall–Kier alpha value is -3.85. The van der Waals surface area contributed by atoms with Crippen LogP contribution in [0.25, 0.3) is 11.0 Å². The number of rotatable bonds is 6. The number of aryl methyl sites for hydroxylation is 4. The summed E-state index contributed by atoms with van der Waals surface area (Å²) in [6.07, 6.45) is 0.